The Balaban J connectivity index is 2.12. The van der Waals surface area contributed by atoms with Crippen molar-refractivity contribution in [3.05, 3.63) is 22.6 Å². The van der Waals surface area contributed by atoms with E-state index in [1.165, 1.54) is 30.4 Å². The SMILES string of the molecule is CNC(CC1CCOCC1)c1c(C)oc(C)c1C. The van der Waals surface area contributed by atoms with Crippen LogP contribution in [0.4, 0.5) is 0 Å². The normalized spacial score (nSPS) is 19.1. The van der Waals surface area contributed by atoms with E-state index in [9.17, 15) is 0 Å². The zero-order valence-corrected chi connectivity index (χ0v) is 12.0. The molecule has 0 aromatic carbocycles. The Morgan fingerprint density at radius 1 is 1.17 bits per heavy atom. The van der Waals surface area contributed by atoms with Crippen LogP contribution in [0.2, 0.25) is 0 Å². The molecule has 1 aliphatic rings. The monoisotopic (exact) mass is 251 g/mol. The Bertz CT molecular complexity index is 391. The van der Waals surface area contributed by atoms with E-state index in [0.717, 1.165) is 30.7 Å². The maximum absolute atomic E-state index is 5.75. The number of furan rings is 1. The second kappa shape index (κ2) is 5.89. The van der Waals surface area contributed by atoms with E-state index >= 15 is 0 Å². The topological polar surface area (TPSA) is 34.4 Å². The quantitative estimate of drug-likeness (QED) is 0.891. The first-order valence-corrected chi connectivity index (χ1v) is 6.95. The molecule has 0 bridgehead atoms. The third-order valence-corrected chi connectivity index (χ3v) is 4.22. The predicted molar refractivity (Wildman–Crippen MR) is 72.9 cm³/mol. The van der Waals surface area contributed by atoms with E-state index in [1.54, 1.807) is 0 Å². The fourth-order valence-electron chi connectivity index (χ4n) is 3.02. The van der Waals surface area contributed by atoms with Gasteiger partial charge in [0.1, 0.15) is 11.5 Å². The van der Waals surface area contributed by atoms with Crippen molar-refractivity contribution < 1.29 is 9.15 Å². The van der Waals surface area contributed by atoms with Crippen LogP contribution in [0.3, 0.4) is 0 Å². The summed E-state index contributed by atoms with van der Waals surface area (Å²) in [5, 5.41) is 3.46. The van der Waals surface area contributed by atoms with Gasteiger partial charge in [0.15, 0.2) is 0 Å². The average Bonchev–Trinajstić information content (AvgIpc) is 2.62. The van der Waals surface area contributed by atoms with Crippen molar-refractivity contribution in [2.24, 2.45) is 5.92 Å². The molecule has 1 unspecified atom stereocenters. The van der Waals surface area contributed by atoms with E-state index in [1.807, 2.05) is 14.0 Å². The molecule has 2 heterocycles. The van der Waals surface area contributed by atoms with Crippen LogP contribution in [0.15, 0.2) is 4.42 Å². The third kappa shape index (κ3) is 2.78. The predicted octanol–water partition coefficient (Wildman–Crippen LogP) is 3.28. The fourth-order valence-corrected chi connectivity index (χ4v) is 3.02. The zero-order valence-electron chi connectivity index (χ0n) is 12.0. The number of rotatable bonds is 4. The van der Waals surface area contributed by atoms with Gasteiger partial charge in [-0.1, -0.05) is 0 Å². The molecule has 1 N–H and O–H groups in total. The van der Waals surface area contributed by atoms with E-state index in [2.05, 4.69) is 19.2 Å². The molecule has 1 aromatic rings. The summed E-state index contributed by atoms with van der Waals surface area (Å²) in [4.78, 5) is 0. The van der Waals surface area contributed by atoms with Gasteiger partial charge in [-0.15, -0.1) is 0 Å². The van der Waals surface area contributed by atoms with Gasteiger partial charge in [0, 0.05) is 24.8 Å². The minimum atomic E-state index is 0.408. The van der Waals surface area contributed by atoms with Crippen LogP contribution in [-0.4, -0.2) is 20.3 Å². The van der Waals surface area contributed by atoms with Crippen molar-refractivity contribution in [3.8, 4) is 0 Å². The Labute approximate surface area is 110 Å². The molecule has 102 valence electrons. The molecule has 1 aliphatic heterocycles. The molecule has 1 aromatic heterocycles. The van der Waals surface area contributed by atoms with E-state index < -0.39 is 0 Å². The first-order chi connectivity index (χ1) is 8.63. The number of hydrogen-bond donors (Lipinski definition) is 1. The van der Waals surface area contributed by atoms with Crippen molar-refractivity contribution in [1.29, 1.82) is 0 Å². The van der Waals surface area contributed by atoms with E-state index in [0.29, 0.717) is 6.04 Å². The highest BCUT2D eigenvalue weighted by molar-refractivity contribution is 5.34. The summed E-state index contributed by atoms with van der Waals surface area (Å²) in [6, 6.07) is 0.408. The van der Waals surface area contributed by atoms with Crippen LogP contribution in [-0.2, 0) is 4.74 Å². The summed E-state index contributed by atoms with van der Waals surface area (Å²) in [5.74, 6) is 2.89. The Kier molecular flexibility index (Phi) is 4.46. The minimum Gasteiger partial charge on any atom is -0.466 e. The van der Waals surface area contributed by atoms with Crippen molar-refractivity contribution in [2.45, 2.75) is 46.1 Å². The number of aryl methyl sites for hydroxylation is 2. The van der Waals surface area contributed by atoms with Gasteiger partial charge in [-0.3, -0.25) is 0 Å². The highest BCUT2D eigenvalue weighted by Crippen LogP contribution is 2.33. The lowest BCUT2D eigenvalue weighted by Crippen LogP contribution is -2.24. The van der Waals surface area contributed by atoms with Gasteiger partial charge in [-0.05, 0) is 58.6 Å². The number of ether oxygens (including phenoxy) is 1. The molecule has 3 heteroatoms. The van der Waals surface area contributed by atoms with E-state index in [4.69, 9.17) is 9.15 Å². The van der Waals surface area contributed by atoms with Crippen molar-refractivity contribution >= 4 is 0 Å². The van der Waals surface area contributed by atoms with Gasteiger partial charge in [0.25, 0.3) is 0 Å². The Morgan fingerprint density at radius 3 is 2.33 bits per heavy atom. The Hall–Kier alpha value is -0.800. The third-order valence-electron chi connectivity index (χ3n) is 4.22. The Morgan fingerprint density at radius 2 is 1.83 bits per heavy atom. The smallest absolute Gasteiger partial charge is 0.106 e. The molecule has 0 spiro atoms. The molecule has 1 fully saturated rings. The molecule has 0 aliphatic carbocycles. The second-order valence-electron chi connectivity index (χ2n) is 5.39. The first kappa shape index (κ1) is 13.6. The number of hydrogen-bond acceptors (Lipinski definition) is 3. The second-order valence-corrected chi connectivity index (χ2v) is 5.39. The standard InChI is InChI=1S/C15H25NO2/c1-10-11(2)18-12(3)15(10)14(16-4)9-13-5-7-17-8-6-13/h13-14,16H,5-9H2,1-4H3. The molecule has 18 heavy (non-hydrogen) atoms. The lowest BCUT2D eigenvalue weighted by atomic mass is 9.88. The average molecular weight is 251 g/mol. The van der Waals surface area contributed by atoms with Crippen LogP contribution in [0.25, 0.3) is 0 Å². The summed E-state index contributed by atoms with van der Waals surface area (Å²) >= 11 is 0. The van der Waals surface area contributed by atoms with Crippen LogP contribution in [0, 0.1) is 26.7 Å². The lowest BCUT2D eigenvalue weighted by molar-refractivity contribution is 0.0607. The minimum absolute atomic E-state index is 0.408. The molecule has 1 saturated heterocycles. The zero-order chi connectivity index (χ0) is 13.1. The van der Waals surface area contributed by atoms with Crippen LogP contribution >= 0.6 is 0 Å². The summed E-state index contributed by atoms with van der Waals surface area (Å²) in [6.07, 6.45) is 3.56. The van der Waals surface area contributed by atoms with Gasteiger partial charge in [0.2, 0.25) is 0 Å². The molecule has 1 atom stereocenters. The van der Waals surface area contributed by atoms with Gasteiger partial charge in [0.05, 0.1) is 0 Å². The summed E-state index contributed by atoms with van der Waals surface area (Å²) in [6.45, 7) is 8.12. The fraction of sp³-hybridized carbons (Fsp3) is 0.733. The molecule has 3 nitrogen and oxygen atoms in total. The summed E-state index contributed by atoms with van der Waals surface area (Å²) < 4.78 is 11.2. The maximum Gasteiger partial charge on any atom is 0.106 e. The molecular formula is C15H25NO2. The molecule has 2 rings (SSSR count). The molecule has 0 saturated carbocycles. The van der Waals surface area contributed by atoms with Crippen molar-refractivity contribution in [1.82, 2.24) is 5.32 Å². The number of nitrogens with one attached hydrogen (secondary N) is 1. The van der Waals surface area contributed by atoms with Gasteiger partial charge in [-0.2, -0.15) is 0 Å². The lowest BCUT2D eigenvalue weighted by Gasteiger charge is -2.26. The molecular weight excluding hydrogens is 226 g/mol. The van der Waals surface area contributed by atoms with Gasteiger partial charge in [-0.25, -0.2) is 0 Å². The maximum atomic E-state index is 5.75. The largest absolute Gasteiger partial charge is 0.466 e. The summed E-state index contributed by atoms with van der Waals surface area (Å²) in [5.41, 5.74) is 2.67. The van der Waals surface area contributed by atoms with Crippen molar-refractivity contribution in [2.75, 3.05) is 20.3 Å². The summed E-state index contributed by atoms with van der Waals surface area (Å²) in [7, 11) is 2.05. The first-order valence-electron chi connectivity index (χ1n) is 6.95. The van der Waals surface area contributed by atoms with E-state index in [-0.39, 0.29) is 0 Å². The van der Waals surface area contributed by atoms with Crippen LogP contribution < -0.4 is 5.32 Å². The van der Waals surface area contributed by atoms with Crippen LogP contribution in [0.1, 0.15) is 48.0 Å². The van der Waals surface area contributed by atoms with Gasteiger partial charge < -0.3 is 14.5 Å². The highest BCUT2D eigenvalue weighted by atomic mass is 16.5. The van der Waals surface area contributed by atoms with Crippen molar-refractivity contribution in [3.63, 3.8) is 0 Å². The van der Waals surface area contributed by atoms with Gasteiger partial charge >= 0.3 is 0 Å². The molecule has 0 radical (unpaired) electrons. The van der Waals surface area contributed by atoms with Crippen LogP contribution in [0.5, 0.6) is 0 Å². The molecule has 0 amide bonds. The highest BCUT2D eigenvalue weighted by Gasteiger charge is 2.24.